The molecule has 0 saturated carbocycles. The van der Waals surface area contributed by atoms with E-state index in [1.807, 2.05) is 30.3 Å². The molecule has 0 aliphatic carbocycles. The van der Waals surface area contributed by atoms with Gasteiger partial charge in [0.2, 0.25) is 0 Å². The number of ether oxygens (including phenoxy) is 1. The molecule has 154 valence electrons. The van der Waals surface area contributed by atoms with Crippen molar-refractivity contribution in [3.63, 3.8) is 0 Å². The Kier molecular flexibility index (Phi) is 5.38. The number of piperidine rings is 1. The average molecular weight is 415 g/mol. The molecular formula is C22H26N2O4S. The summed E-state index contributed by atoms with van der Waals surface area (Å²) in [6.45, 7) is 1.96. The normalized spacial score (nSPS) is 16.4. The molecule has 0 atom stereocenters. The minimum absolute atomic E-state index is 0.285. The Morgan fingerprint density at radius 3 is 2.34 bits per heavy atom. The van der Waals surface area contributed by atoms with Crippen molar-refractivity contribution in [2.45, 2.75) is 25.2 Å². The molecule has 0 unspecified atom stereocenters. The van der Waals surface area contributed by atoms with Crippen LogP contribution in [-0.2, 0) is 16.7 Å². The van der Waals surface area contributed by atoms with Crippen molar-refractivity contribution in [2.24, 2.45) is 0 Å². The molecule has 0 amide bonds. The number of hydrogen-bond acceptors (Lipinski definition) is 4. The number of likely N-dealkylation sites (tertiary alicyclic amines) is 1. The van der Waals surface area contributed by atoms with Gasteiger partial charge in [0.25, 0.3) is 0 Å². The van der Waals surface area contributed by atoms with Gasteiger partial charge in [-0.05, 0) is 86.3 Å². The monoisotopic (exact) mass is 414 g/mol. The van der Waals surface area contributed by atoms with Gasteiger partial charge in [0.15, 0.2) is 0 Å². The van der Waals surface area contributed by atoms with Gasteiger partial charge in [-0.3, -0.25) is 4.55 Å². The van der Waals surface area contributed by atoms with Crippen LogP contribution in [0.15, 0.2) is 48.7 Å². The SMILES string of the molecule is COc1ccc(Cc2ccc3c(c2)c(C2CCN(C)CC2)cn3S(=O)(=O)O)cc1. The fraction of sp³-hybridized carbons (Fsp3) is 0.364. The molecule has 0 radical (unpaired) electrons. The summed E-state index contributed by atoms with van der Waals surface area (Å²) < 4.78 is 39.8. The van der Waals surface area contributed by atoms with E-state index < -0.39 is 10.3 Å². The van der Waals surface area contributed by atoms with E-state index in [1.165, 1.54) is 0 Å². The largest absolute Gasteiger partial charge is 0.497 e. The van der Waals surface area contributed by atoms with Crippen LogP contribution in [0.25, 0.3) is 10.9 Å². The van der Waals surface area contributed by atoms with E-state index in [2.05, 4.69) is 18.0 Å². The molecule has 2 heterocycles. The minimum Gasteiger partial charge on any atom is -0.497 e. The molecule has 6 nitrogen and oxygen atoms in total. The fourth-order valence-electron chi connectivity index (χ4n) is 4.20. The first-order valence-corrected chi connectivity index (χ1v) is 11.2. The van der Waals surface area contributed by atoms with Crippen LogP contribution in [0.4, 0.5) is 0 Å². The average Bonchev–Trinajstić information content (AvgIpc) is 3.08. The summed E-state index contributed by atoms with van der Waals surface area (Å²) in [6.07, 6.45) is 4.30. The first kappa shape index (κ1) is 19.9. The topological polar surface area (TPSA) is 71.8 Å². The van der Waals surface area contributed by atoms with Gasteiger partial charge in [0.1, 0.15) is 5.75 Å². The second-order valence-electron chi connectivity index (χ2n) is 7.81. The van der Waals surface area contributed by atoms with E-state index in [9.17, 15) is 13.0 Å². The van der Waals surface area contributed by atoms with Crippen LogP contribution < -0.4 is 4.74 Å². The molecule has 7 heteroatoms. The molecular weight excluding hydrogens is 388 g/mol. The molecule has 0 bridgehead atoms. The summed E-state index contributed by atoms with van der Waals surface area (Å²) in [6, 6.07) is 13.7. The maximum Gasteiger partial charge on any atom is 0.363 e. The number of aromatic nitrogens is 1. The zero-order valence-corrected chi connectivity index (χ0v) is 17.5. The molecule has 1 aliphatic heterocycles. The van der Waals surface area contributed by atoms with Gasteiger partial charge >= 0.3 is 10.3 Å². The summed E-state index contributed by atoms with van der Waals surface area (Å²) in [5.41, 5.74) is 3.78. The fourth-order valence-corrected chi connectivity index (χ4v) is 4.85. The predicted octanol–water partition coefficient (Wildman–Crippen LogP) is 3.70. The second kappa shape index (κ2) is 7.82. The molecule has 3 aromatic rings. The standard InChI is InChI=1S/C22H26N2O4S/c1-23-11-9-18(10-12-23)21-15-24(29(25,26)27)22-8-5-17(14-20(21)22)13-16-3-6-19(28-2)7-4-16/h3-8,14-15,18H,9-13H2,1-2H3,(H,25,26,27). The van der Waals surface area contributed by atoms with Gasteiger partial charge in [-0.25, -0.2) is 3.97 Å². The van der Waals surface area contributed by atoms with E-state index in [4.69, 9.17) is 4.74 Å². The lowest BCUT2D eigenvalue weighted by atomic mass is 9.89. The number of hydrogen-bond donors (Lipinski definition) is 1. The lowest BCUT2D eigenvalue weighted by Gasteiger charge is -2.28. The Hall–Kier alpha value is -2.35. The van der Waals surface area contributed by atoms with E-state index in [0.29, 0.717) is 5.52 Å². The first-order valence-electron chi connectivity index (χ1n) is 9.78. The van der Waals surface area contributed by atoms with Gasteiger partial charge in [-0.2, -0.15) is 8.42 Å². The van der Waals surface area contributed by atoms with Crippen molar-refractivity contribution in [1.29, 1.82) is 0 Å². The highest BCUT2D eigenvalue weighted by Crippen LogP contribution is 2.35. The third-order valence-corrected chi connectivity index (χ3v) is 6.64. The summed E-state index contributed by atoms with van der Waals surface area (Å²) in [5.74, 6) is 1.10. The van der Waals surface area contributed by atoms with Crippen molar-refractivity contribution in [3.05, 3.63) is 65.4 Å². The van der Waals surface area contributed by atoms with E-state index in [1.54, 1.807) is 19.4 Å². The zero-order chi connectivity index (χ0) is 20.6. The summed E-state index contributed by atoms with van der Waals surface area (Å²) in [4.78, 5) is 2.29. The Balaban J connectivity index is 1.74. The van der Waals surface area contributed by atoms with E-state index >= 15 is 0 Å². The highest BCUT2D eigenvalue weighted by molar-refractivity contribution is 7.84. The maximum absolute atomic E-state index is 11.9. The van der Waals surface area contributed by atoms with Crippen molar-refractivity contribution in [3.8, 4) is 5.75 Å². The number of benzene rings is 2. The van der Waals surface area contributed by atoms with Gasteiger partial charge in [0, 0.05) is 11.6 Å². The molecule has 2 aromatic carbocycles. The Bertz CT molecular complexity index is 1110. The van der Waals surface area contributed by atoms with Crippen molar-refractivity contribution in [1.82, 2.24) is 8.87 Å². The third-order valence-electron chi connectivity index (χ3n) is 5.84. The molecule has 1 saturated heterocycles. The first-order chi connectivity index (χ1) is 13.8. The van der Waals surface area contributed by atoms with Crippen LogP contribution in [0.2, 0.25) is 0 Å². The van der Waals surface area contributed by atoms with Crippen LogP contribution in [0.1, 0.15) is 35.4 Å². The molecule has 0 spiro atoms. The lowest BCUT2D eigenvalue weighted by Crippen LogP contribution is -2.29. The van der Waals surface area contributed by atoms with Crippen molar-refractivity contribution < 1.29 is 17.7 Å². The number of methoxy groups -OCH3 is 1. The van der Waals surface area contributed by atoms with Crippen LogP contribution >= 0.6 is 0 Å². The van der Waals surface area contributed by atoms with Crippen LogP contribution in [0, 0.1) is 0 Å². The summed E-state index contributed by atoms with van der Waals surface area (Å²) >= 11 is 0. The second-order valence-corrected chi connectivity index (χ2v) is 9.10. The highest BCUT2D eigenvalue weighted by Gasteiger charge is 2.25. The van der Waals surface area contributed by atoms with E-state index in [0.717, 1.165) is 64.2 Å². The van der Waals surface area contributed by atoms with Gasteiger partial charge < -0.3 is 9.64 Å². The van der Waals surface area contributed by atoms with Crippen molar-refractivity contribution >= 4 is 21.2 Å². The van der Waals surface area contributed by atoms with Crippen LogP contribution in [0.3, 0.4) is 0 Å². The molecule has 29 heavy (non-hydrogen) atoms. The smallest absolute Gasteiger partial charge is 0.363 e. The zero-order valence-electron chi connectivity index (χ0n) is 16.7. The Morgan fingerprint density at radius 2 is 1.72 bits per heavy atom. The van der Waals surface area contributed by atoms with E-state index in [-0.39, 0.29) is 5.92 Å². The number of rotatable bonds is 5. The summed E-state index contributed by atoms with van der Waals surface area (Å²) in [7, 11) is -0.597. The van der Waals surface area contributed by atoms with Gasteiger partial charge in [-0.15, -0.1) is 0 Å². The highest BCUT2D eigenvalue weighted by atomic mass is 32.2. The Labute approximate surface area is 171 Å². The molecule has 4 rings (SSSR count). The molecule has 1 aliphatic rings. The summed E-state index contributed by atoms with van der Waals surface area (Å²) in [5, 5.41) is 0.906. The molecule has 1 N–H and O–H groups in total. The molecule has 1 aromatic heterocycles. The van der Waals surface area contributed by atoms with Crippen molar-refractivity contribution in [2.75, 3.05) is 27.2 Å². The third kappa shape index (κ3) is 4.17. The van der Waals surface area contributed by atoms with Crippen LogP contribution in [-0.4, -0.2) is 49.1 Å². The Morgan fingerprint density at radius 1 is 1.07 bits per heavy atom. The maximum atomic E-state index is 11.9. The minimum atomic E-state index is -4.35. The number of fused-ring (bicyclic) bond motifs is 1. The quantitative estimate of drug-likeness (QED) is 0.645. The van der Waals surface area contributed by atoms with Gasteiger partial charge in [-0.1, -0.05) is 18.2 Å². The molecule has 1 fully saturated rings. The lowest BCUT2D eigenvalue weighted by molar-refractivity contribution is 0.256. The number of nitrogens with zero attached hydrogens (tertiary/aromatic N) is 2. The van der Waals surface area contributed by atoms with Crippen LogP contribution in [0.5, 0.6) is 5.75 Å². The van der Waals surface area contributed by atoms with Gasteiger partial charge in [0.05, 0.1) is 12.6 Å². The predicted molar refractivity (Wildman–Crippen MR) is 114 cm³/mol.